The van der Waals surface area contributed by atoms with E-state index in [-0.39, 0.29) is 5.91 Å². The van der Waals surface area contributed by atoms with Gasteiger partial charge in [-0.2, -0.15) is 9.61 Å². The molecule has 0 aliphatic carbocycles. The third-order valence-corrected chi connectivity index (χ3v) is 7.21. The minimum absolute atomic E-state index is 0.0199. The highest BCUT2D eigenvalue weighted by Crippen LogP contribution is 2.30. The van der Waals surface area contributed by atoms with Crippen molar-refractivity contribution in [1.82, 2.24) is 19.9 Å². The van der Waals surface area contributed by atoms with Crippen molar-refractivity contribution in [2.75, 3.05) is 5.32 Å². The van der Waals surface area contributed by atoms with Crippen molar-refractivity contribution >= 4 is 56.2 Å². The largest absolute Gasteiger partial charge is 0.366 e. The Morgan fingerprint density at radius 2 is 1.86 bits per heavy atom. The minimum atomic E-state index is 0.0199. The Morgan fingerprint density at radius 1 is 1.03 bits per heavy atom. The molecule has 1 amide bonds. The van der Waals surface area contributed by atoms with E-state index in [1.54, 1.807) is 22.0 Å². The minimum Gasteiger partial charge on any atom is -0.366 e. The number of rotatable bonds is 8. The van der Waals surface area contributed by atoms with E-state index in [1.807, 2.05) is 60.0 Å². The molecule has 3 heterocycles. The molecule has 5 rings (SSSR count). The Labute approximate surface area is 220 Å². The summed E-state index contributed by atoms with van der Waals surface area (Å²) >= 11 is 11.6. The van der Waals surface area contributed by atoms with Gasteiger partial charge in [0.05, 0.1) is 22.8 Å². The van der Waals surface area contributed by atoms with Gasteiger partial charge in [-0.05, 0) is 44.6 Å². The Balaban J connectivity index is 1.31. The van der Waals surface area contributed by atoms with Crippen LogP contribution < -0.4 is 10.6 Å². The molecule has 176 valence electrons. The Bertz CT molecular complexity index is 1480. The van der Waals surface area contributed by atoms with Crippen LogP contribution in [-0.4, -0.2) is 20.5 Å². The van der Waals surface area contributed by atoms with Crippen molar-refractivity contribution in [3.05, 3.63) is 104 Å². The van der Waals surface area contributed by atoms with Crippen LogP contribution in [0.15, 0.2) is 82.8 Å². The summed E-state index contributed by atoms with van der Waals surface area (Å²) in [6, 6.07) is 21.7. The SMILES string of the molecule is O=C(Cc1cccs1)NCc1cccc(CNc2cc(-c3ccccc3Cl)nc3c(Br)cnn23)c1. The Kier molecular flexibility index (Phi) is 7.13. The molecule has 0 spiro atoms. The highest BCUT2D eigenvalue weighted by molar-refractivity contribution is 9.10. The maximum atomic E-state index is 12.2. The van der Waals surface area contributed by atoms with E-state index < -0.39 is 0 Å². The van der Waals surface area contributed by atoms with Crippen molar-refractivity contribution in [2.45, 2.75) is 19.5 Å². The molecule has 5 aromatic rings. The molecular weight excluding hydrogens is 546 g/mol. The smallest absolute Gasteiger partial charge is 0.225 e. The highest BCUT2D eigenvalue weighted by atomic mass is 79.9. The zero-order chi connectivity index (χ0) is 24.2. The lowest BCUT2D eigenvalue weighted by molar-refractivity contribution is -0.120. The molecule has 3 aromatic heterocycles. The topological polar surface area (TPSA) is 71.3 Å². The van der Waals surface area contributed by atoms with Crippen LogP contribution in [0.1, 0.15) is 16.0 Å². The molecule has 6 nitrogen and oxygen atoms in total. The van der Waals surface area contributed by atoms with Crippen molar-refractivity contribution in [3.8, 4) is 11.3 Å². The maximum absolute atomic E-state index is 12.2. The summed E-state index contributed by atoms with van der Waals surface area (Å²) in [7, 11) is 0. The zero-order valence-corrected chi connectivity index (χ0v) is 21.7. The average molecular weight is 567 g/mol. The second-order valence-electron chi connectivity index (χ2n) is 7.94. The van der Waals surface area contributed by atoms with E-state index in [4.69, 9.17) is 16.6 Å². The number of benzene rings is 2. The van der Waals surface area contributed by atoms with Gasteiger partial charge < -0.3 is 10.6 Å². The molecule has 0 saturated heterocycles. The van der Waals surface area contributed by atoms with Crippen LogP contribution in [0.4, 0.5) is 5.82 Å². The summed E-state index contributed by atoms with van der Waals surface area (Å²) in [4.78, 5) is 18.0. The van der Waals surface area contributed by atoms with Gasteiger partial charge in [0.1, 0.15) is 5.82 Å². The molecule has 9 heteroatoms. The van der Waals surface area contributed by atoms with Crippen LogP contribution in [-0.2, 0) is 24.3 Å². The van der Waals surface area contributed by atoms with Gasteiger partial charge >= 0.3 is 0 Å². The zero-order valence-electron chi connectivity index (χ0n) is 18.5. The molecule has 0 aliphatic heterocycles. The van der Waals surface area contributed by atoms with Crippen LogP contribution >= 0.6 is 38.9 Å². The number of anilines is 1. The summed E-state index contributed by atoms with van der Waals surface area (Å²) in [5.41, 5.74) is 4.45. The van der Waals surface area contributed by atoms with E-state index in [9.17, 15) is 4.79 Å². The molecule has 0 saturated carbocycles. The molecule has 35 heavy (non-hydrogen) atoms. The predicted octanol–water partition coefficient (Wildman–Crippen LogP) is 6.34. The number of nitrogens with zero attached hydrogens (tertiary/aromatic N) is 3. The normalized spacial score (nSPS) is 11.0. The number of thiophene rings is 1. The first-order valence-corrected chi connectivity index (χ1v) is 13.0. The van der Waals surface area contributed by atoms with Crippen molar-refractivity contribution < 1.29 is 4.79 Å². The third-order valence-electron chi connectivity index (χ3n) is 5.45. The molecule has 0 radical (unpaired) electrons. The van der Waals surface area contributed by atoms with E-state index in [0.29, 0.717) is 30.2 Å². The monoisotopic (exact) mass is 565 g/mol. The number of nitrogens with one attached hydrogen (secondary N) is 2. The quantitative estimate of drug-likeness (QED) is 0.230. The van der Waals surface area contributed by atoms with Gasteiger partial charge in [0, 0.05) is 34.6 Å². The molecular formula is C26H21BrClN5OS. The number of hydrogen-bond donors (Lipinski definition) is 2. The lowest BCUT2D eigenvalue weighted by Gasteiger charge is -2.12. The number of halogens is 2. The van der Waals surface area contributed by atoms with Gasteiger partial charge in [-0.15, -0.1) is 11.3 Å². The number of carbonyl (C=O) groups excluding carboxylic acids is 1. The number of hydrogen-bond acceptors (Lipinski definition) is 5. The molecule has 0 unspecified atom stereocenters. The van der Waals surface area contributed by atoms with Gasteiger partial charge in [-0.3, -0.25) is 4.79 Å². The molecule has 0 bridgehead atoms. The van der Waals surface area contributed by atoms with E-state index >= 15 is 0 Å². The summed E-state index contributed by atoms with van der Waals surface area (Å²) in [6.45, 7) is 1.07. The fourth-order valence-corrected chi connectivity index (χ4v) is 5.03. The number of carbonyl (C=O) groups is 1. The van der Waals surface area contributed by atoms with Crippen molar-refractivity contribution in [2.24, 2.45) is 0 Å². The second kappa shape index (κ2) is 10.6. The highest BCUT2D eigenvalue weighted by Gasteiger charge is 2.13. The van der Waals surface area contributed by atoms with Crippen LogP contribution in [0.3, 0.4) is 0 Å². The summed E-state index contributed by atoms with van der Waals surface area (Å²) in [6.07, 6.45) is 2.13. The maximum Gasteiger partial charge on any atom is 0.225 e. The number of fused-ring (bicyclic) bond motifs is 1. The summed E-state index contributed by atoms with van der Waals surface area (Å²) in [5.74, 6) is 0.816. The lowest BCUT2D eigenvalue weighted by Crippen LogP contribution is -2.24. The first-order chi connectivity index (χ1) is 17.1. The first-order valence-electron chi connectivity index (χ1n) is 11.0. The summed E-state index contributed by atoms with van der Waals surface area (Å²) < 4.78 is 2.56. The van der Waals surface area contributed by atoms with E-state index in [1.165, 1.54) is 0 Å². The van der Waals surface area contributed by atoms with E-state index in [2.05, 4.69) is 43.8 Å². The standard InChI is InChI=1S/C26H21BrClN5OS/c27-21-16-31-33-24(13-23(32-26(21)33)20-8-1-2-9-22(20)28)29-14-17-5-3-6-18(11-17)15-30-25(34)12-19-7-4-10-35-19/h1-11,13,16,29H,12,14-15H2,(H,30,34). The fourth-order valence-electron chi connectivity index (χ4n) is 3.75. The van der Waals surface area contributed by atoms with Gasteiger partial charge in [-0.1, -0.05) is 60.1 Å². The van der Waals surface area contributed by atoms with E-state index in [0.717, 1.165) is 37.6 Å². The molecule has 0 fully saturated rings. The van der Waals surface area contributed by atoms with Crippen LogP contribution in [0.5, 0.6) is 0 Å². The predicted molar refractivity (Wildman–Crippen MR) is 145 cm³/mol. The van der Waals surface area contributed by atoms with Gasteiger partial charge in [0.15, 0.2) is 5.65 Å². The molecule has 2 N–H and O–H groups in total. The van der Waals surface area contributed by atoms with Gasteiger partial charge in [-0.25, -0.2) is 4.98 Å². The Morgan fingerprint density at radius 3 is 2.66 bits per heavy atom. The van der Waals surface area contributed by atoms with Crippen LogP contribution in [0.2, 0.25) is 5.02 Å². The first kappa shape index (κ1) is 23.5. The van der Waals surface area contributed by atoms with Gasteiger partial charge in [0.25, 0.3) is 0 Å². The molecule has 0 aliphatic rings. The molecule has 0 atom stereocenters. The third kappa shape index (κ3) is 5.56. The number of aromatic nitrogens is 3. The second-order valence-corrected chi connectivity index (χ2v) is 10.2. The lowest BCUT2D eigenvalue weighted by atomic mass is 10.1. The number of amides is 1. The summed E-state index contributed by atoms with van der Waals surface area (Å²) in [5, 5.41) is 13.6. The fraction of sp³-hybridized carbons (Fsp3) is 0.115. The van der Waals surface area contributed by atoms with Gasteiger partial charge in [0.2, 0.25) is 5.91 Å². The van der Waals surface area contributed by atoms with Crippen LogP contribution in [0.25, 0.3) is 16.9 Å². The Hall–Kier alpha value is -3.20. The van der Waals surface area contributed by atoms with Crippen LogP contribution in [0, 0.1) is 0 Å². The molecule has 2 aromatic carbocycles. The average Bonchev–Trinajstić information content (AvgIpc) is 3.51. The van der Waals surface area contributed by atoms with Crippen molar-refractivity contribution in [1.29, 1.82) is 0 Å². The van der Waals surface area contributed by atoms with Crippen molar-refractivity contribution in [3.63, 3.8) is 0 Å².